The Kier molecular flexibility index (Phi) is 6.88. The van der Waals surface area contributed by atoms with Gasteiger partial charge in [0.15, 0.2) is 0 Å². The van der Waals surface area contributed by atoms with E-state index in [0.29, 0.717) is 12.2 Å². The van der Waals surface area contributed by atoms with E-state index in [0.717, 1.165) is 32.7 Å². The third-order valence-corrected chi connectivity index (χ3v) is 3.73. The Labute approximate surface area is 145 Å². The first kappa shape index (κ1) is 18.4. The van der Waals surface area contributed by atoms with Crippen molar-refractivity contribution in [2.45, 2.75) is 0 Å². The summed E-state index contributed by atoms with van der Waals surface area (Å²) in [6.45, 7) is 4.92. The lowest BCUT2D eigenvalue weighted by atomic mass is 10.2. The van der Waals surface area contributed by atoms with E-state index >= 15 is 0 Å². The van der Waals surface area contributed by atoms with Crippen LogP contribution in [0.3, 0.4) is 0 Å². The molecule has 0 saturated carbocycles. The quantitative estimate of drug-likeness (QED) is 0.284. The van der Waals surface area contributed by atoms with Crippen molar-refractivity contribution in [3.63, 3.8) is 0 Å². The van der Waals surface area contributed by atoms with Gasteiger partial charge in [0, 0.05) is 63.3 Å². The predicted molar refractivity (Wildman–Crippen MR) is 92.7 cm³/mol. The molecule has 1 heterocycles. The Morgan fingerprint density at radius 3 is 2.88 bits per heavy atom. The van der Waals surface area contributed by atoms with Crippen LogP contribution in [0.1, 0.15) is 0 Å². The van der Waals surface area contributed by atoms with E-state index in [-0.39, 0.29) is 11.3 Å². The summed E-state index contributed by atoms with van der Waals surface area (Å²) >= 11 is 0. The van der Waals surface area contributed by atoms with Crippen LogP contribution < -0.4 is 16.0 Å². The van der Waals surface area contributed by atoms with Crippen LogP contribution in [0.25, 0.3) is 0 Å². The molecule has 1 fully saturated rings. The number of nitrogens with zero attached hydrogens (tertiary/aromatic N) is 3. The second-order valence-electron chi connectivity index (χ2n) is 5.47. The summed E-state index contributed by atoms with van der Waals surface area (Å²) in [6, 6.07) is 7.65. The summed E-state index contributed by atoms with van der Waals surface area (Å²) in [4.78, 5) is 24.5. The van der Waals surface area contributed by atoms with E-state index in [4.69, 9.17) is 5.26 Å². The Morgan fingerprint density at radius 1 is 1.44 bits per heavy atom. The first-order valence-corrected chi connectivity index (χ1v) is 7.92. The molecule has 1 aromatic rings. The number of anilines is 1. The molecule has 0 radical (unpaired) electrons. The molecule has 1 aromatic carbocycles. The van der Waals surface area contributed by atoms with Gasteiger partial charge >= 0.3 is 0 Å². The second-order valence-corrected chi connectivity index (χ2v) is 5.47. The van der Waals surface area contributed by atoms with Crippen LogP contribution in [-0.2, 0) is 4.79 Å². The molecule has 0 aliphatic carbocycles. The van der Waals surface area contributed by atoms with Crippen molar-refractivity contribution in [2.24, 2.45) is 0 Å². The zero-order chi connectivity index (χ0) is 18.1. The molecule has 1 aliphatic heterocycles. The van der Waals surface area contributed by atoms with Gasteiger partial charge in [-0.15, -0.1) is 0 Å². The Morgan fingerprint density at radius 2 is 2.20 bits per heavy atom. The van der Waals surface area contributed by atoms with Gasteiger partial charge in [0.25, 0.3) is 11.6 Å². The highest BCUT2D eigenvalue weighted by Crippen LogP contribution is 2.17. The summed E-state index contributed by atoms with van der Waals surface area (Å²) in [5, 5.41) is 28.6. The second kappa shape index (κ2) is 9.36. The molecule has 0 bridgehead atoms. The summed E-state index contributed by atoms with van der Waals surface area (Å²) in [5.74, 6) is -0.476. The van der Waals surface area contributed by atoms with Crippen molar-refractivity contribution < 1.29 is 9.72 Å². The van der Waals surface area contributed by atoms with Crippen molar-refractivity contribution in [1.82, 2.24) is 15.5 Å². The first-order chi connectivity index (χ1) is 12.1. The zero-order valence-corrected chi connectivity index (χ0v) is 13.7. The lowest BCUT2D eigenvalue weighted by Crippen LogP contribution is -2.46. The predicted octanol–water partition coefficient (Wildman–Crippen LogP) is 0.436. The van der Waals surface area contributed by atoms with Gasteiger partial charge in [-0.3, -0.25) is 19.8 Å². The minimum atomic E-state index is -0.511. The fourth-order valence-corrected chi connectivity index (χ4v) is 2.37. The number of carbonyl (C=O) groups is 1. The molecule has 132 valence electrons. The number of hydrogen-bond donors (Lipinski definition) is 3. The molecule has 1 amide bonds. The summed E-state index contributed by atoms with van der Waals surface area (Å²) in [5.41, 5.74) is 0.264. The number of piperazine rings is 1. The molecule has 0 atom stereocenters. The van der Waals surface area contributed by atoms with Crippen molar-refractivity contribution >= 4 is 17.3 Å². The van der Waals surface area contributed by atoms with Gasteiger partial charge in [0.05, 0.1) is 4.92 Å². The fourth-order valence-electron chi connectivity index (χ4n) is 2.37. The lowest BCUT2D eigenvalue weighted by molar-refractivity contribution is -0.384. The van der Waals surface area contributed by atoms with Gasteiger partial charge in [-0.25, -0.2) is 0 Å². The van der Waals surface area contributed by atoms with Crippen molar-refractivity contribution in [2.75, 3.05) is 44.6 Å². The number of rotatable bonds is 7. The average molecular weight is 344 g/mol. The van der Waals surface area contributed by atoms with Gasteiger partial charge in [-0.1, -0.05) is 6.07 Å². The number of nitriles is 1. The molecular weight excluding hydrogens is 324 g/mol. The lowest BCUT2D eigenvalue weighted by Gasteiger charge is -2.27. The highest BCUT2D eigenvalue weighted by Gasteiger charge is 2.12. The number of hydrogen-bond acceptors (Lipinski definition) is 7. The third-order valence-electron chi connectivity index (χ3n) is 3.73. The normalized spacial score (nSPS) is 15.2. The Hall–Kier alpha value is -2.96. The number of benzene rings is 1. The maximum absolute atomic E-state index is 12.0. The minimum absolute atomic E-state index is 0.0719. The molecule has 25 heavy (non-hydrogen) atoms. The number of amides is 1. The Balaban J connectivity index is 1.86. The monoisotopic (exact) mass is 344 g/mol. The summed E-state index contributed by atoms with van der Waals surface area (Å²) in [7, 11) is 0. The van der Waals surface area contributed by atoms with E-state index in [1.54, 1.807) is 6.07 Å². The topological polar surface area (TPSA) is 123 Å². The summed E-state index contributed by atoms with van der Waals surface area (Å²) < 4.78 is 0. The van der Waals surface area contributed by atoms with Crippen molar-refractivity contribution in [1.29, 1.82) is 5.26 Å². The minimum Gasteiger partial charge on any atom is -0.360 e. The number of nitrogens with one attached hydrogen (secondary N) is 3. The average Bonchev–Trinajstić information content (AvgIpc) is 2.63. The van der Waals surface area contributed by atoms with Crippen LogP contribution in [0.15, 0.2) is 36.0 Å². The smallest absolute Gasteiger partial charge is 0.271 e. The zero-order valence-electron chi connectivity index (χ0n) is 13.7. The van der Waals surface area contributed by atoms with E-state index < -0.39 is 10.8 Å². The first-order valence-electron chi connectivity index (χ1n) is 7.92. The van der Waals surface area contributed by atoms with E-state index in [1.165, 1.54) is 24.4 Å². The highest BCUT2D eigenvalue weighted by molar-refractivity contribution is 5.97. The van der Waals surface area contributed by atoms with E-state index in [2.05, 4.69) is 20.9 Å². The van der Waals surface area contributed by atoms with Gasteiger partial charge in [-0.05, 0) is 6.07 Å². The van der Waals surface area contributed by atoms with Crippen LogP contribution in [0.2, 0.25) is 0 Å². The van der Waals surface area contributed by atoms with Crippen LogP contribution in [-0.4, -0.2) is 55.0 Å². The van der Waals surface area contributed by atoms with Crippen LogP contribution in [0, 0.1) is 21.4 Å². The van der Waals surface area contributed by atoms with Gasteiger partial charge in [0.2, 0.25) is 0 Å². The fraction of sp³-hybridized carbons (Fsp3) is 0.375. The van der Waals surface area contributed by atoms with Gasteiger partial charge in [-0.2, -0.15) is 5.26 Å². The molecule has 9 nitrogen and oxygen atoms in total. The number of nitro benzene ring substituents is 1. The largest absolute Gasteiger partial charge is 0.360 e. The Bertz CT molecular complexity index is 691. The SMILES string of the molecule is N#C/C(=C/Nc1cccc([N+](=O)[O-])c1)C(=O)NCCN1CCNCC1. The molecule has 1 saturated heterocycles. The van der Waals surface area contributed by atoms with Crippen LogP contribution >= 0.6 is 0 Å². The number of non-ortho nitro benzene ring substituents is 1. The molecule has 2 rings (SSSR count). The van der Waals surface area contributed by atoms with E-state index in [1.807, 2.05) is 6.07 Å². The van der Waals surface area contributed by atoms with Gasteiger partial charge in [0.1, 0.15) is 11.6 Å². The number of carbonyl (C=O) groups excluding carboxylic acids is 1. The number of nitro groups is 1. The van der Waals surface area contributed by atoms with Gasteiger partial charge < -0.3 is 16.0 Å². The molecule has 0 unspecified atom stereocenters. The third kappa shape index (κ3) is 5.87. The molecule has 0 aromatic heterocycles. The summed E-state index contributed by atoms with van der Waals surface area (Å²) in [6.07, 6.45) is 1.25. The maximum Gasteiger partial charge on any atom is 0.271 e. The standard InChI is InChI=1S/C16H20N6O3/c17-11-13(12-20-14-2-1-3-15(10-14)22(24)25)16(23)19-6-9-21-7-4-18-5-8-21/h1-3,10,12,18,20H,4-9H2,(H,19,23)/b13-12-. The highest BCUT2D eigenvalue weighted by atomic mass is 16.6. The molecular formula is C16H20N6O3. The van der Waals surface area contributed by atoms with E-state index in [9.17, 15) is 14.9 Å². The maximum atomic E-state index is 12.0. The van der Waals surface area contributed by atoms with Crippen LogP contribution in [0.4, 0.5) is 11.4 Å². The molecule has 1 aliphatic rings. The molecule has 0 spiro atoms. The van der Waals surface area contributed by atoms with Crippen molar-refractivity contribution in [3.8, 4) is 6.07 Å². The van der Waals surface area contributed by atoms with Crippen molar-refractivity contribution in [3.05, 3.63) is 46.2 Å². The molecule has 3 N–H and O–H groups in total. The van der Waals surface area contributed by atoms with Crippen LogP contribution in [0.5, 0.6) is 0 Å². The molecule has 9 heteroatoms.